The molecule has 0 spiro atoms. The van der Waals surface area contributed by atoms with E-state index in [1.165, 1.54) is 0 Å². The number of aryl methyl sites for hydroxylation is 1. The fraction of sp³-hybridized carbons (Fsp3) is 0.438. The quantitative estimate of drug-likeness (QED) is 0.438. The van der Waals surface area contributed by atoms with Gasteiger partial charge in [-0.15, -0.1) is 0 Å². The van der Waals surface area contributed by atoms with Crippen molar-refractivity contribution in [3.8, 4) is 0 Å². The second kappa shape index (κ2) is 8.17. The lowest BCUT2D eigenvalue weighted by atomic mass is 10.2. The zero-order chi connectivity index (χ0) is 15.8. The SMILES string of the molecule is CN=C(NCCC(=O)Nc1ccc(C)cn1)NC1CC=CC1. The van der Waals surface area contributed by atoms with Crippen LogP contribution >= 0.6 is 0 Å². The highest BCUT2D eigenvalue weighted by molar-refractivity contribution is 5.90. The van der Waals surface area contributed by atoms with Crippen LogP contribution in [0.5, 0.6) is 0 Å². The average molecular weight is 301 g/mol. The highest BCUT2D eigenvalue weighted by Crippen LogP contribution is 2.08. The van der Waals surface area contributed by atoms with Crippen LogP contribution in [-0.2, 0) is 4.79 Å². The summed E-state index contributed by atoms with van der Waals surface area (Å²) in [6.07, 6.45) is 8.44. The van der Waals surface area contributed by atoms with Crippen LogP contribution in [0.15, 0.2) is 35.5 Å². The molecular weight excluding hydrogens is 278 g/mol. The maximum Gasteiger partial charge on any atom is 0.227 e. The zero-order valence-corrected chi connectivity index (χ0v) is 13.1. The van der Waals surface area contributed by atoms with Gasteiger partial charge in [-0.1, -0.05) is 18.2 Å². The summed E-state index contributed by atoms with van der Waals surface area (Å²) in [5.41, 5.74) is 1.07. The molecule has 1 heterocycles. The van der Waals surface area contributed by atoms with E-state index in [9.17, 15) is 4.79 Å². The number of anilines is 1. The molecule has 22 heavy (non-hydrogen) atoms. The predicted octanol–water partition coefficient (Wildman–Crippen LogP) is 1.60. The Morgan fingerprint density at radius 1 is 1.36 bits per heavy atom. The molecule has 6 heteroatoms. The van der Waals surface area contributed by atoms with Crippen molar-refractivity contribution >= 4 is 17.7 Å². The maximum atomic E-state index is 11.9. The Morgan fingerprint density at radius 3 is 2.77 bits per heavy atom. The molecule has 6 nitrogen and oxygen atoms in total. The van der Waals surface area contributed by atoms with Crippen molar-refractivity contribution in [2.75, 3.05) is 18.9 Å². The summed E-state index contributed by atoms with van der Waals surface area (Å²) in [6.45, 7) is 2.48. The molecular formula is C16H23N5O. The van der Waals surface area contributed by atoms with Gasteiger partial charge in [-0.2, -0.15) is 0 Å². The van der Waals surface area contributed by atoms with Crippen molar-refractivity contribution in [1.82, 2.24) is 15.6 Å². The van der Waals surface area contributed by atoms with Crippen LogP contribution in [0, 0.1) is 6.92 Å². The summed E-state index contributed by atoms with van der Waals surface area (Å²) in [6, 6.07) is 4.12. The zero-order valence-electron chi connectivity index (χ0n) is 13.1. The molecule has 2 rings (SSSR count). The molecule has 1 amide bonds. The van der Waals surface area contributed by atoms with Crippen LogP contribution in [0.4, 0.5) is 5.82 Å². The summed E-state index contributed by atoms with van der Waals surface area (Å²) in [7, 11) is 1.73. The molecule has 0 atom stereocenters. The molecule has 1 aliphatic rings. The second-order valence-corrected chi connectivity index (χ2v) is 5.30. The average Bonchev–Trinajstić information content (AvgIpc) is 3.01. The van der Waals surface area contributed by atoms with Crippen molar-refractivity contribution in [2.45, 2.75) is 32.2 Å². The van der Waals surface area contributed by atoms with E-state index in [1.54, 1.807) is 19.3 Å². The van der Waals surface area contributed by atoms with Gasteiger partial charge in [0.1, 0.15) is 5.82 Å². The van der Waals surface area contributed by atoms with Gasteiger partial charge in [0.15, 0.2) is 5.96 Å². The third-order valence-electron chi connectivity index (χ3n) is 3.40. The van der Waals surface area contributed by atoms with Gasteiger partial charge in [-0.25, -0.2) is 4.98 Å². The molecule has 118 valence electrons. The lowest BCUT2D eigenvalue weighted by Crippen LogP contribution is -2.43. The number of carbonyl (C=O) groups excluding carboxylic acids is 1. The lowest BCUT2D eigenvalue weighted by Gasteiger charge is -2.16. The van der Waals surface area contributed by atoms with E-state index in [0.29, 0.717) is 24.8 Å². The number of pyridine rings is 1. The van der Waals surface area contributed by atoms with Crippen molar-refractivity contribution in [3.63, 3.8) is 0 Å². The highest BCUT2D eigenvalue weighted by atomic mass is 16.1. The fourth-order valence-corrected chi connectivity index (χ4v) is 2.16. The maximum absolute atomic E-state index is 11.9. The first-order valence-corrected chi connectivity index (χ1v) is 7.52. The third kappa shape index (κ3) is 5.20. The highest BCUT2D eigenvalue weighted by Gasteiger charge is 2.11. The number of hydrogen-bond donors (Lipinski definition) is 3. The number of aliphatic imine (C=N–C) groups is 1. The number of rotatable bonds is 5. The predicted molar refractivity (Wildman–Crippen MR) is 88.9 cm³/mol. The normalized spacial score (nSPS) is 14.9. The standard InChI is InChI=1S/C16H23N5O/c1-12-7-8-14(19-11-12)21-15(22)9-10-18-16(17-2)20-13-5-3-4-6-13/h3-4,7-8,11,13H,5-6,9-10H2,1-2H3,(H2,17,18,20)(H,19,21,22). The first kappa shape index (κ1) is 16.0. The minimum Gasteiger partial charge on any atom is -0.356 e. The largest absolute Gasteiger partial charge is 0.356 e. The number of hydrogen-bond acceptors (Lipinski definition) is 3. The Bertz CT molecular complexity index is 542. The van der Waals surface area contributed by atoms with Gasteiger partial charge in [0, 0.05) is 32.3 Å². The van der Waals surface area contributed by atoms with Crippen LogP contribution in [0.1, 0.15) is 24.8 Å². The Kier molecular flexibility index (Phi) is 5.94. The van der Waals surface area contributed by atoms with E-state index < -0.39 is 0 Å². The van der Waals surface area contributed by atoms with Crippen LogP contribution in [0.3, 0.4) is 0 Å². The molecule has 0 aliphatic heterocycles. The minimum atomic E-state index is -0.0677. The Hall–Kier alpha value is -2.37. The molecule has 0 saturated carbocycles. The van der Waals surface area contributed by atoms with Gasteiger partial charge >= 0.3 is 0 Å². The molecule has 1 aromatic heterocycles. The lowest BCUT2D eigenvalue weighted by molar-refractivity contribution is -0.116. The smallest absolute Gasteiger partial charge is 0.227 e. The van der Waals surface area contributed by atoms with Gasteiger partial charge in [0.05, 0.1) is 0 Å². The number of carbonyl (C=O) groups is 1. The molecule has 0 unspecified atom stereocenters. The molecule has 0 fully saturated rings. The third-order valence-corrected chi connectivity index (χ3v) is 3.40. The van der Waals surface area contributed by atoms with E-state index in [0.717, 1.165) is 24.4 Å². The number of nitrogens with zero attached hydrogens (tertiary/aromatic N) is 2. The topological polar surface area (TPSA) is 78.4 Å². The molecule has 1 aliphatic carbocycles. The van der Waals surface area contributed by atoms with Gasteiger partial charge in [-0.3, -0.25) is 9.79 Å². The second-order valence-electron chi connectivity index (χ2n) is 5.30. The van der Waals surface area contributed by atoms with Gasteiger partial charge in [0.2, 0.25) is 5.91 Å². The van der Waals surface area contributed by atoms with Gasteiger partial charge < -0.3 is 16.0 Å². The molecule has 1 aromatic rings. The van der Waals surface area contributed by atoms with Crippen LogP contribution in [0.25, 0.3) is 0 Å². The fourth-order valence-electron chi connectivity index (χ4n) is 2.16. The van der Waals surface area contributed by atoms with Crippen molar-refractivity contribution in [1.29, 1.82) is 0 Å². The molecule has 0 bridgehead atoms. The number of aromatic nitrogens is 1. The molecule has 0 aromatic carbocycles. The minimum absolute atomic E-state index is 0.0677. The Morgan fingerprint density at radius 2 is 2.14 bits per heavy atom. The summed E-state index contributed by atoms with van der Waals surface area (Å²) in [5, 5.41) is 9.25. The summed E-state index contributed by atoms with van der Waals surface area (Å²) in [5.74, 6) is 1.24. The number of guanidine groups is 1. The summed E-state index contributed by atoms with van der Waals surface area (Å²) >= 11 is 0. The van der Waals surface area contributed by atoms with E-state index >= 15 is 0 Å². The van der Waals surface area contributed by atoms with E-state index in [-0.39, 0.29) is 5.91 Å². The van der Waals surface area contributed by atoms with E-state index in [4.69, 9.17) is 0 Å². The molecule has 3 N–H and O–H groups in total. The van der Waals surface area contributed by atoms with E-state index in [1.807, 2.05) is 13.0 Å². The van der Waals surface area contributed by atoms with Crippen LogP contribution in [0.2, 0.25) is 0 Å². The molecule has 0 saturated heterocycles. The number of nitrogens with one attached hydrogen (secondary N) is 3. The first-order valence-electron chi connectivity index (χ1n) is 7.52. The van der Waals surface area contributed by atoms with Gasteiger partial charge in [-0.05, 0) is 31.4 Å². The Labute approximate surface area is 131 Å². The number of amides is 1. The Balaban J connectivity index is 1.68. The monoisotopic (exact) mass is 301 g/mol. The summed E-state index contributed by atoms with van der Waals surface area (Å²) in [4.78, 5) is 20.2. The van der Waals surface area contributed by atoms with Crippen LogP contribution in [-0.4, -0.2) is 36.5 Å². The van der Waals surface area contributed by atoms with Crippen LogP contribution < -0.4 is 16.0 Å². The summed E-state index contributed by atoms with van der Waals surface area (Å²) < 4.78 is 0. The van der Waals surface area contributed by atoms with E-state index in [2.05, 4.69) is 38.1 Å². The molecule has 0 radical (unpaired) electrons. The van der Waals surface area contributed by atoms with Crippen molar-refractivity contribution in [2.24, 2.45) is 4.99 Å². The van der Waals surface area contributed by atoms with Crippen molar-refractivity contribution in [3.05, 3.63) is 36.0 Å². The first-order chi connectivity index (χ1) is 10.7. The van der Waals surface area contributed by atoms with Crippen molar-refractivity contribution < 1.29 is 4.79 Å². The van der Waals surface area contributed by atoms with Gasteiger partial charge in [0.25, 0.3) is 0 Å².